The second-order valence-corrected chi connectivity index (χ2v) is 10.4. The maximum absolute atomic E-state index is 13.0. The van der Waals surface area contributed by atoms with Crippen LogP contribution in [0.2, 0.25) is 0 Å². The summed E-state index contributed by atoms with van der Waals surface area (Å²) in [5, 5.41) is 2.83. The van der Waals surface area contributed by atoms with Gasteiger partial charge in [0.25, 0.3) is 5.91 Å². The maximum atomic E-state index is 13.0. The van der Waals surface area contributed by atoms with Crippen LogP contribution in [0, 0.1) is 6.92 Å². The number of ether oxygens (including phenoxy) is 1. The summed E-state index contributed by atoms with van der Waals surface area (Å²) in [5.74, 6) is -1.12. The third kappa shape index (κ3) is 6.88. The van der Waals surface area contributed by atoms with Crippen molar-refractivity contribution in [1.82, 2.24) is 9.62 Å². The zero-order valence-corrected chi connectivity index (χ0v) is 20.1. The summed E-state index contributed by atoms with van der Waals surface area (Å²) in [7, 11) is -3.68. The van der Waals surface area contributed by atoms with Crippen LogP contribution in [-0.2, 0) is 26.0 Å². The minimum Gasteiger partial charge on any atom is -0.452 e. The van der Waals surface area contributed by atoms with Gasteiger partial charge in [0.1, 0.15) is 0 Å². The average Bonchev–Trinajstić information content (AvgIpc) is 2.82. The lowest BCUT2D eigenvalue weighted by Gasteiger charge is -2.26. The molecule has 0 saturated carbocycles. The molecule has 7 nitrogen and oxygen atoms in total. The lowest BCUT2D eigenvalue weighted by molar-refractivity contribution is -0.124. The molecule has 1 aliphatic heterocycles. The van der Waals surface area contributed by atoms with Crippen molar-refractivity contribution in [2.24, 2.45) is 0 Å². The number of rotatable bonds is 9. The fourth-order valence-corrected chi connectivity index (χ4v) is 5.65. The van der Waals surface area contributed by atoms with E-state index in [-0.39, 0.29) is 16.5 Å². The van der Waals surface area contributed by atoms with Crippen LogP contribution < -0.4 is 5.32 Å². The fraction of sp³-hybridized carbons (Fsp3) is 0.440. The first-order chi connectivity index (χ1) is 15.8. The van der Waals surface area contributed by atoms with Crippen molar-refractivity contribution in [3.05, 3.63) is 65.2 Å². The van der Waals surface area contributed by atoms with Crippen molar-refractivity contribution in [2.45, 2.75) is 56.9 Å². The van der Waals surface area contributed by atoms with E-state index in [1.54, 1.807) is 13.0 Å². The van der Waals surface area contributed by atoms with Crippen LogP contribution in [0.1, 0.15) is 54.1 Å². The topological polar surface area (TPSA) is 92.8 Å². The maximum Gasteiger partial charge on any atom is 0.338 e. The fourth-order valence-electron chi connectivity index (χ4n) is 3.88. The molecule has 2 aromatic rings. The molecule has 8 heteroatoms. The number of nitrogens with zero attached hydrogens (tertiary/aromatic N) is 1. The highest BCUT2D eigenvalue weighted by Crippen LogP contribution is 2.24. The first-order valence-corrected chi connectivity index (χ1v) is 12.8. The Morgan fingerprint density at radius 3 is 2.45 bits per heavy atom. The number of hydrogen-bond acceptors (Lipinski definition) is 5. The van der Waals surface area contributed by atoms with Crippen LogP contribution in [0.25, 0.3) is 0 Å². The Morgan fingerprint density at radius 1 is 1.06 bits per heavy atom. The second-order valence-electron chi connectivity index (χ2n) is 8.51. The monoisotopic (exact) mass is 472 g/mol. The molecule has 1 amide bonds. The van der Waals surface area contributed by atoms with Gasteiger partial charge >= 0.3 is 5.97 Å². The molecule has 2 aromatic carbocycles. The number of hydrogen-bond donors (Lipinski definition) is 1. The molecule has 1 heterocycles. The molecule has 1 atom stereocenters. The van der Waals surface area contributed by atoms with Crippen LogP contribution in [-0.4, -0.2) is 50.3 Å². The molecular weight excluding hydrogens is 440 g/mol. The van der Waals surface area contributed by atoms with Gasteiger partial charge in [-0.2, -0.15) is 4.31 Å². The number of carbonyl (C=O) groups excluding carboxylic acids is 2. The molecule has 0 aliphatic carbocycles. The van der Waals surface area contributed by atoms with Crippen molar-refractivity contribution >= 4 is 21.9 Å². The second kappa shape index (κ2) is 11.4. The van der Waals surface area contributed by atoms with Gasteiger partial charge in [0, 0.05) is 19.1 Å². The van der Waals surface area contributed by atoms with Crippen molar-refractivity contribution in [2.75, 3.05) is 19.7 Å². The Labute approximate surface area is 196 Å². The molecule has 33 heavy (non-hydrogen) atoms. The molecule has 0 bridgehead atoms. The summed E-state index contributed by atoms with van der Waals surface area (Å²) in [4.78, 5) is 24.8. The number of amides is 1. The number of esters is 1. The number of aryl methyl sites for hydroxylation is 2. The normalized spacial score (nSPS) is 15.6. The van der Waals surface area contributed by atoms with E-state index in [4.69, 9.17) is 4.74 Å². The molecule has 0 radical (unpaired) electrons. The molecule has 0 spiro atoms. The van der Waals surface area contributed by atoms with Gasteiger partial charge < -0.3 is 10.1 Å². The van der Waals surface area contributed by atoms with E-state index < -0.39 is 28.5 Å². The predicted octanol–water partition coefficient (Wildman–Crippen LogP) is 3.46. The smallest absolute Gasteiger partial charge is 0.338 e. The van der Waals surface area contributed by atoms with Crippen LogP contribution in [0.4, 0.5) is 0 Å². The lowest BCUT2D eigenvalue weighted by Crippen LogP contribution is -2.36. The van der Waals surface area contributed by atoms with E-state index in [2.05, 4.69) is 5.32 Å². The summed E-state index contributed by atoms with van der Waals surface area (Å²) < 4.78 is 32.7. The highest BCUT2D eigenvalue weighted by molar-refractivity contribution is 7.89. The number of piperidine rings is 1. The summed E-state index contributed by atoms with van der Waals surface area (Å²) in [5.41, 5.74) is 1.88. The van der Waals surface area contributed by atoms with Crippen molar-refractivity contribution in [1.29, 1.82) is 0 Å². The number of benzene rings is 2. The van der Waals surface area contributed by atoms with Gasteiger partial charge in [0.15, 0.2) is 6.61 Å². The van der Waals surface area contributed by atoms with Gasteiger partial charge in [0.2, 0.25) is 10.0 Å². The van der Waals surface area contributed by atoms with Gasteiger partial charge in [0.05, 0.1) is 10.5 Å². The number of sulfonamides is 1. The third-order valence-corrected chi connectivity index (χ3v) is 7.85. The zero-order chi connectivity index (χ0) is 23.8. The van der Waals surface area contributed by atoms with Crippen molar-refractivity contribution < 1.29 is 22.7 Å². The van der Waals surface area contributed by atoms with Gasteiger partial charge in [-0.15, -0.1) is 0 Å². The summed E-state index contributed by atoms with van der Waals surface area (Å²) in [6, 6.07) is 14.4. The molecule has 1 N–H and O–H groups in total. The van der Waals surface area contributed by atoms with Gasteiger partial charge in [-0.1, -0.05) is 42.8 Å². The summed E-state index contributed by atoms with van der Waals surface area (Å²) in [6.07, 6.45) is 4.28. The molecule has 0 aromatic heterocycles. The van der Waals surface area contributed by atoms with Gasteiger partial charge in [-0.25, -0.2) is 13.2 Å². The quantitative estimate of drug-likeness (QED) is 0.564. The minimum absolute atomic E-state index is 0.0722. The molecule has 1 unspecified atom stereocenters. The van der Waals surface area contributed by atoms with Crippen molar-refractivity contribution in [3.8, 4) is 0 Å². The summed E-state index contributed by atoms with van der Waals surface area (Å²) in [6.45, 7) is 4.16. The molecule has 1 aliphatic rings. The molecule has 1 saturated heterocycles. The minimum atomic E-state index is -3.68. The molecule has 1 fully saturated rings. The van der Waals surface area contributed by atoms with Crippen LogP contribution >= 0.6 is 0 Å². The first kappa shape index (κ1) is 24.9. The summed E-state index contributed by atoms with van der Waals surface area (Å²) >= 11 is 0. The van der Waals surface area contributed by atoms with E-state index in [1.165, 1.54) is 22.0 Å². The Kier molecular flexibility index (Phi) is 8.63. The standard InChI is InChI=1S/C25H32N2O5S/c1-19-11-14-22(17-23(19)33(30,31)27-15-7-4-8-16-27)25(29)32-18-24(28)26-20(2)12-13-21-9-5-3-6-10-21/h3,5-6,9-11,14,17,20H,4,7-8,12-13,15-16,18H2,1-2H3,(H,26,28). The first-order valence-electron chi connectivity index (χ1n) is 11.4. The number of nitrogens with one attached hydrogen (secondary N) is 1. The zero-order valence-electron chi connectivity index (χ0n) is 19.2. The SMILES string of the molecule is Cc1ccc(C(=O)OCC(=O)NC(C)CCc2ccccc2)cc1S(=O)(=O)N1CCCCC1. The highest BCUT2D eigenvalue weighted by Gasteiger charge is 2.28. The highest BCUT2D eigenvalue weighted by atomic mass is 32.2. The van der Waals surface area contributed by atoms with E-state index in [9.17, 15) is 18.0 Å². The van der Waals surface area contributed by atoms with E-state index >= 15 is 0 Å². The Morgan fingerprint density at radius 2 is 1.76 bits per heavy atom. The number of carbonyl (C=O) groups is 2. The molecule has 178 valence electrons. The van der Waals surface area contributed by atoms with E-state index in [0.717, 1.165) is 32.1 Å². The van der Waals surface area contributed by atoms with Gasteiger partial charge in [-0.05, 0) is 62.8 Å². The van der Waals surface area contributed by atoms with E-state index in [0.29, 0.717) is 18.7 Å². The third-order valence-electron chi connectivity index (χ3n) is 5.81. The van der Waals surface area contributed by atoms with Crippen molar-refractivity contribution in [3.63, 3.8) is 0 Å². The molecular formula is C25H32N2O5S. The van der Waals surface area contributed by atoms with Crippen LogP contribution in [0.15, 0.2) is 53.4 Å². The van der Waals surface area contributed by atoms with E-state index in [1.807, 2.05) is 37.3 Å². The average molecular weight is 473 g/mol. The molecule has 3 rings (SSSR count). The Balaban J connectivity index is 1.54. The van der Waals surface area contributed by atoms with Gasteiger partial charge in [-0.3, -0.25) is 4.79 Å². The van der Waals surface area contributed by atoms with Crippen LogP contribution in [0.3, 0.4) is 0 Å². The van der Waals surface area contributed by atoms with Crippen LogP contribution in [0.5, 0.6) is 0 Å². The Bertz CT molecular complexity index is 1060. The lowest BCUT2D eigenvalue weighted by atomic mass is 10.1. The predicted molar refractivity (Wildman–Crippen MR) is 126 cm³/mol. The Hall–Kier alpha value is -2.71. The largest absolute Gasteiger partial charge is 0.452 e.